The van der Waals surface area contributed by atoms with Gasteiger partial charge in [0.2, 0.25) is 11.8 Å². The van der Waals surface area contributed by atoms with Crippen molar-refractivity contribution < 1.29 is 32.2 Å². The van der Waals surface area contributed by atoms with E-state index in [9.17, 15) is 18.0 Å². The van der Waals surface area contributed by atoms with E-state index >= 15 is 0 Å². The van der Waals surface area contributed by atoms with Crippen molar-refractivity contribution in [2.45, 2.75) is 37.2 Å². The van der Waals surface area contributed by atoms with E-state index in [1.54, 1.807) is 30.3 Å². The zero-order chi connectivity index (χ0) is 35.6. The molecule has 260 valence electrons. The average molecular weight is 729 g/mol. The summed E-state index contributed by atoms with van der Waals surface area (Å²) in [6.07, 6.45) is 0.861. The maximum atomic E-state index is 14.7. The Labute approximate surface area is 297 Å². The highest BCUT2D eigenvalue weighted by Crippen LogP contribution is 2.37. The summed E-state index contributed by atoms with van der Waals surface area (Å²) in [5, 5.41) is 3.64. The van der Waals surface area contributed by atoms with Gasteiger partial charge in [0.1, 0.15) is 18.3 Å². The molecule has 4 aromatic carbocycles. The van der Waals surface area contributed by atoms with Gasteiger partial charge in [-0.25, -0.2) is 8.42 Å². The molecule has 0 fully saturated rings. The largest absolute Gasteiger partial charge is 0.495 e. The van der Waals surface area contributed by atoms with Crippen LogP contribution in [-0.2, 0) is 32.6 Å². The Hall–Kier alpha value is -4.45. The van der Waals surface area contributed by atoms with Crippen molar-refractivity contribution in [2.24, 2.45) is 0 Å². The number of sulfonamides is 1. The first-order valence-corrected chi connectivity index (χ1v) is 17.7. The number of hydrogen-bond acceptors (Lipinski definition) is 7. The highest BCUT2D eigenvalue weighted by molar-refractivity contribution is 7.92. The first-order chi connectivity index (χ1) is 23.5. The number of halogens is 2. The molecular weight excluding hydrogens is 689 g/mol. The first kappa shape index (κ1) is 37.4. The third-order valence-corrected chi connectivity index (χ3v) is 9.96. The van der Waals surface area contributed by atoms with Gasteiger partial charge in [-0.2, -0.15) is 0 Å². The SMILES string of the molecule is CCCNC(=O)[C@H](Cc1ccccc1)N(Cc1ccc(Cl)cc1)C(=O)CN(c1cc(Cl)ccc1OC)S(=O)(=O)c1ccc(OC)c(OC)c1. The van der Waals surface area contributed by atoms with Crippen molar-refractivity contribution in [1.29, 1.82) is 0 Å². The monoisotopic (exact) mass is 727 g/mol. The topological polar surface area (TPSA) is 114 Å². The van der Waals surface area contributed by atoms with E-state index in [-0.39, 0.29) is 46.0 Å². The van der Waals surface area contributed by atoms with Gasteiger partial charge in [-0.15, -0.1) is 0 Å². The van der Waals surface area contributed by atoms with E-state index < -0.39 is 28.5 Å². The average Bonchev–Trinajstić information content (AvgIpc) is 3.11. The number of rotatable bonds is 16. The smallest absolute Gasteiger partial charge is 0.265 e. The maximum absolute atomic E-state index is 14.7. The van der Waals surface area contributed by atoms with Crippen LogP contribution in [0.1, 0.15) is 24.5 Å². The van der Waals surface area contributed by atoms with Crippen LogP contribution in [0.15, 0.2) is 95.9 Å². The molecule has 4 aromatic rings. The summed E-state index contributed by atoms with van der Waals surface area (Å²) in [7, 11) is -0.282. The lowest BCUT2D eigenvalue weighted by Crippen LogP contribution is -2.53. The molecule has 13 heteroatoms. The molecule has 1 N–H and O–H groups in total. The van der Waals surface area contributed by atoms with E-state index in [0.29, 0.717) is 29.3 Å². The Kier molecular flexibility index (Phi) is 13.2. The zero-order valence-electron chi connectivity index (χ0n) is 27.7. The second-order valence-corrected chi connectivity index (χ2v) is 13.7. The van der Waals surface area contributed by atoms with Gasteiger partial charge in [0.25, 0.3) is 10.0 Å². The Bertz CT molecular complexity index is 1840. The first-order valence-electron chi connectivity index (χ1n) is 15.5. The van der Waals surface area contributed by atoms with Crippen LogP contribution >= 0.6 is 23.2 Å². The lowest BCUT2D eigenvalue weighted by Gasteiger charge is -2.34. The molecule has 0 bridgehead atoms. The molecule has 0 aliphatic rings. The Morgan fingerprint density at radius 3 is 2.04 bits per heavy atom. The standard InChI is InChI=1S/C36H39Cl2N3O7S/c1-5-19-39-36(43)31(20-25-9-7-6-8-10-25)40(23-26-11-13-27(37)14-12-26)35(42)24-41(30-21-28(38)15-17-32(30)46-2)49(44,45)29-16-18-33(47-3)34(22-29)48-4/h6-18,21-22,31H,5,19-20,23-24H2,1-4H3,(H,39,43)/t31-/m0/s1. The van der Waals surface area contributed by atoms with Crippen LogP contribution in [-0.4, -0.2) is 65.6 Å². The molecule has 10 nitrogen and oxygen atoms in total. The van der Waals surface area contributed by atoms with Crippen molar-refractivity contribution in [2.75, 3.05) is 38.7 Å². The van der Waals surface area contributed by atoms with Crippen LogP contribution in [0, 0.1) is 0 Å². The van der Waals surface area contributed by atoms with Crippen LogP contribution in [0.5, 0.6) is 17.2 Å². The van der Waals surface area contributed by atoms with Crippen LogP contribution in [0.2, 0.25) is 10.0 Å². The van der Waals surface area contributed by atoms with Gasteiger partial charge in [-0.05, 0) is 60.0 Å². The van der Waals surface area contributed by atoms with Crippen LogP contribution in [0.4, 0.5) is 5.69 Å². The number of nitrogens with one attached hydrogen (secondary N) is 1. The summed E-state index contributed by atoms with van der Waals surface area (Å²) in [6.45, 7) is 1.61. The Morgan fingerprint density at radius 1 is 0.776 bits per heavy atom. The van der Waals surface area contributed by atoms with Gasteiger partial charge in [0.05, 0.1) is 31.9 Å². The number of anilines is 1. The minimum atomic E-state index is -4.49. The Morgan fingerprint density at radius 2 is 1.41 bits per heavy atom. The molecule has 4 rings (SSSR count). The number of nitrogens with zero attached hydrogens (tertiary/aromatic N) is 2. The summed E-state index contributed by atoms with van der Waals surface area (Å²) in [5.41, 5.74) is 1.53. The predicted molar refractivity (Wildman–Crippen MR) is 191 cm³/mol. The summed E-state index contributed by atoms with van der Waals surface area (Å²) >= 11 is 12.5. The number of ether oxygens (including phenoxy) is 3. The second-order valence-electron chi connectivity index (χ2n) is 11.0. The molecule has 0 unspecified atom stereocenters. The van der Waals surface area contributed by atoms with Crippen LogP contribution in [0.25, 0.3) is 0 Å². The van der Waals surface area contributed by atoms with Crippen molar-refractivity contribution in [3.05, 3.63) is 112 Å². The molecule has 49 heavy (non-hydrogen) atoms. The van der Waals surface area contributed by atoms with Gasteiger partial charge in [0.15, 0.2) is 11.5 Å². The highest BCUT2D eigenvalue weighted by Gasteiger charge is 2.36. The molecule has 2 amide bonds. The van der Waals surface area contributed by atoms with E-state index in [1.807, 2.05) is 37.3 Å². The molecule has 0 radical (unpaired) electrons. The zero-order valence-corrected chi connectivity index (χ0v) is 30.0. The lowest BCUT2D eigenvalue weighted by atomic mass is 10.0. The van der Waals surface area contributed by atoms with Crippen molar-refractivity contribution >= 4 is 50.7 Å². The number of carbonyl (C=O) groups is 2. The van der Waals surface area contributed by atoms with Gasteiger partial charge in [0, 0.05) is 35.6 Å². The van der Waals surface area contributed by atoms with Crippen molar-refractivity contribution in [1.82, 2.24) is 10.2 Å². The Balaban J connectivity index is 1.87. The fraction of sp³-hybridized carbons (Fsp3) is 0.278. The normalized spacial score (nSPS) is 11.7. The predicted octanol–water partition coefficient (Wildman–Crippen LogP) is 6.38. The highest BCUT2D eigenvalue weighted by atomic mass is 35.5. The minimum Gasteiger partial charge on any atom is -0.495 e. The van der Waals surface area contributed by atoms with E-state index in [4.69, 9.17) is 37.4 Å². The van der Waals surface area contributed by atoms with E-state index in [1.165, 1.54) is 56.6 Å². The molecule has 0 spiro atoms. The van der Waals surface area contributed by atoms with Crippen LogP contribution in [0.3, 0.4) is 0 Å². The van der Waals surface area contributed by atoms with Crippen molar-refractivity contribution in [3.63, 3.8) is 0 Å². The van der Waals surface area contributed by atoms with Crippen LogP contribution < -0.4 is 23.8 Å². The molecule has 1 atom stereocenters. The van der Waals surface area contributed by atoms with Gasteiger partial charge in [-0.3, -0.25) is 13.9 Å². The number of hydrogen-bond donors (Lipinski definition) is 1. The fourth-order valence-corrected chi connectivity index (χ4v) is 6.91. The minimum absolute atomic E-state index is 0.00995. The molecule has 0 saturated carbocycles. The fourth-order valence-electron chi connectivity index (χ4n) is 5.18. The lowest BCUT2D eigenvalue weighted by molar-refractivity contribution is -0.140. The summed E-state index contributed by atoms with van der Waals surface area (Å²) in [5.74, 6) is -0.364. The molecular formula is C36H39Cl2N3O7S. The third kappa shape index (κ3) is 9.38. The number of amides is 2. The second kappa shape index (κ2) is 17.3. The van der Waals surface area contributed by atoms with Gasteiger partial charge < -0.3 is 24.4 Å². The van der Waals surface area contributed by atoms with E-state index in [0.717, 1.165) is 9.87 Å². The summed E-state index contributed by atoms with van der Waals surface area (Å²) < 4.78 is 46.2. The maximum Gasteiger partial charge on any atom is 0.265 e. The number of carbonyl (C=O) groups excluding carboxylic acids is 2. The summed E-state index contributed by atoms with van der Waals surface area (Å²) in [4.78, 5) is 29.7. The summed E-state index contributed by atoms with van der Waals surface area (Å²) in [6, 6.07) is 23.8. The molecule has 0 aliphatic heterocycles. The van der Waals surface area contributed by atoms with E-state index in [2.05, 4.69) is 5.32 Å². The number of benzene rings is 4. The van der Waals surface area contributed by atoms with Gasteiger partial charge in [-0.1, -0.05) is 72.6 Å². The third-order valence-electron chi connectivity index (χ3n) is 7.72. The molecule has 0 aromatic heterocycles. The molecule has 0 heterocycles. The molecule has 0 aliphatic carbocycles. The van der Waals surface area contributed by atoms with Gasteiger partial charge >= 0.3 is 0 Å². The van der Waals surface area contributed by atoms with Crippen molar-refractivity contribution in [3.8, 4) is 17.2 Å². The quantitative estimate of drug-likeness (QED) is 0.143. The molecule has 0 saturated heterocycles. The number of methoxy groups -OCH3 is 3.